The minimum absolute atomic E-state index is 0.124. The van der Waals surface area contributed by atoms with Crippen LogP contribution in [0.4, 0.5) is 0 Å². The second-order valence-electron chi connectivity index (χ2n) is 5.74. The third kappa shape index (κ3) is 2.88. The van der Waals surface area contributed by atoms with E-state index in [9.17, 15) is 13.5 Å². The van der Waals surface area contributed by atoms with Gasteiger partial charge >= 0.3 is 0 Å². The second kappa shape index (κ2) is 5.44. The number of rotatable bonds is 6. The van der Waals surface area contributed by atoms with E-state index < -0.39 is 15.6 Å². The van der Waals surface area contributed by atoms with Crippen LogP contribution in [0.5, 0.6) is 0 Å². The summed E-state index contributed by atoms with van der Waals surface area (Å²) in [5, 5.41) is 9.37. The van der Waals surface area contributed by atoms with Crippen molar-refractivity contribution in [3.05, 3.63) is 29.8 Å². The highest BCUT2D eigenvalue weighted by Gasteiger charge is 2.50. The molecule has 0 unspecified atom stereocenters. The lowest BCUT2D eigenvalue weighted by Crippen LogP contribution is -2.41. The molecule has 0 heterocycles. The molecule has 2 rings (SSSR count). The maximum Gasteiger partial charge on any atom is 0.243 e. The van der Waals surface area contributed by atoms with E-state index in [4.69, 9.17) is 0 Å². The molecule has 1 fully saturated rings. The lowest BCUT2D eigenvalue weighted by Gasteiger charge is -2.25. The Morgan fingerprint density at radius 1 is 1.15 bits per heavy atom. The number of likely N-dealkylation sites (N-methyl/N-ethyl adjacent to an activating group) is 1. The zero-order chi connectivity index (χ0) is 15.0. The largest absolute Gasteiger partial charge is 0.394 e. The van der Waals surface area contributed by atoms with E-state index >= 15 is 0 Å². The van der Waals surface area contributed by atoms with Crippen LogP contribution < -0.4 is 0 Å². The van der Waals surface area contributed by atoms with Crippen molar-refractivity contribution < 1.29 is 13.5 Å². The number of aliphatic hydroxyl groups is 1. The first-order valence-corrected chi connectivity index (χ1v) is 8.09. The molecule has 1 N–H and O–H groups in total. The molecule has 1 aliphatic rings. The maximum atomic E-state index is 12.5. The summed E-state index contributed by atoms with van der Waals surface area (Å²) in [5.41, 5.74) is 0.487. The molecule has 20 heavy (non-hydrogen) atoms. The van der Waals surface area contributed by atoms with E-state index in [0.717, 1.165) is 24.9 Å². The Kier molecular flexibility index (Phi) is 4.20. The number of nitrogens with zero attached hydrogens (tertiary/aromatic N) is 2. The fourth-order valence-corrected chi connectivity index (χ4v) is 3.81. The molecular formula is C14H22N2O3S. The Balaban J connectivity index is 2.22. The van der Waals surface area contributed by atoms with Crippen LogP contribution in [0.2, 0.25) is 0 Å². The van der Waals surface area contributed by atoms with Crippen LogP contribution in [0.15, 0.2) is 29.2 Å². The van der Waals surface area contributed by atoms with Crippen LogP contribution in [-0.2, 0) is 16.6 Å². The molecule has 0 radical (unpaired) electrons. The molecule has 5 nitrogen and oxygen atoms in total. The average molecular weight is 298 g/mol. The van der Waals surface area contributed by atoms with E-state index in [1.54, 1.807) is 19.2 Å². The third-order valence-corrected chi connectivity index (χ3v) is 5.85. The lowest BCUT2D eigenvalue weighted by molar-refractivity contribution is 0.187. The zero-order valence-corrected chi connectivity index (χ0v) is 13.0. The Bertz CT molecular complexity index is 563. The number of aliphatic hydroxyl groups excluding tert-OH is 1. The summed E-state index contributed by atoms with van der Waals surface area (Å²) >= 11 is 0. The van der Waals surface area contributed by atoms with Gasteiger partial charge in [0.15, 0.2) is 0 Å². The van der Waals surface area contributed by atoms with Gasteiger partial charge in [-0.05, 0) is 44.6 Å². The number of benzene rings is 1. The van der Waals surface area contributed by atoms with Gasteiger partial charge in [0, 0.05) is 13.6 Å². The predicted molar refractivity (Wildman–Crippen MR) is 77.8 cm³/mol. The van der Waals surface area contributed by atoms with Gasteiger partial charge in [-0.1, -0.05) is 12.1 Å². The molecule has 0 saturated heterocycles. The van der Waals surface area contributed by atoms with Crippen molar-refractivity contribution in [2.24, 2.45) is 0 Å². The van der Waals surface area contributed by atoms with Crippen molar-refractivity contribution in [2.45, 2.75) is 29.8 Å². The normalized spacial score (nSPS) is 17.7. The molecule has 0 amide bonds. The Morgan fingerprint density at radius 3 is 2.10 bits per heavy atom. The summed E-state index contributed by atoms with van der Waals surface area (Å²) in [6.07, 6.45) is 1.44. The van der Waals surface area contributed by atoms with Gasteiger partial charge in [0.05, 0.1) is 17.0 Å². The zero-order valence-electron chi connectivity index (χ0n) is 12.2. The van der Waals surface area contributed by atoms with Crippen molar-refractivity contribution in [3.63, 3.8) is 0 Å². The van der Waals surface area contributed by atoms with Gasteiger partial charge in [-0.3, -0.25) is 0 Å². The molecule has 6 heteroatoms. The highest BCUT2D eigenvalue weighted by atomic mass is 32.2. The van der Waals surface area contributed by atoms with Gasteiger partial charge in [0.2, 0.25) is 10.0 Å². The molecule has 0 bridgehead atoms. The smallest absolute Gasteiger partial charge is 0.243 e. The third-order valence-electron chi connectivity index (χ3n) is 3.87. The van der Waals surface area contributed by atoms with E-state index in [0.29, 0.717) is 0 Å². The van der Waals surface area contributed by atoms with Crippen LogP contribution in [0, 0.1) is 0 Å². The van der Waals surface area contributed by atoms with E-state index in [1.165, 1.54) is 4.31 Å². The van der Waals surface area contributed by atoms with Gasteiger partial charge in [0.1, 0.15) is 0 Å². The van der Waals surface area contributed by atoms with Gasteiger partial charge in [-0.2, -0.15) is 4.31 Å². The molecule has 1 aromatic rings. The highest BCUT2D eigenvalue weighted by molar-refractivity contribution is 7.89. The Labute approximate surface area is 120 Å². The summed E-state index contributed by atoms with van der Waals surface area (Å²) in [7, 11) is 1.95. The first-order valence-electron chi connectivity index (χ1n) is 6.65. The molecule has 0 aliphatic heterocycles. The molecule has 0 spiro atoms. The maximum absolute atomic E-state index is 12.5. The highest BCUT2D eigenvalue weighted by Crippen LogP contribution is 2.42. The summed E-state index contributed by atoms with van der Waals surface area (Å²) in [6, 6.07) is 6.94. The Hall–Kier alpha value is -0.950. The van der Waals surface area contributed by atoms with Gasteiger partial charge in [-0.15, -0.1) is 0 Å². The summed E-state index contributed by atoms with van der Waals surface area (Å²) < 4.78 is 26.4. The molecule has 112 valence electrons. The molecule has 0 atom stereocenters. The molecular weight excluding hydrogens is 276 g/mol. The monoisotopic (exact) mass is 298 g/mol. The van der Waals surface area contributed by atoms with Gasteiger partial charge in [-0.25, -0.2) is 8.42 Å². The molecule has 1 aromatic carbocycles. The van der Waals surface area contributed by atoms with Gasteiger partial charge in [0.25, 0.3) is 0 Å². The minimum atomic E-state index is -3.53. The van der Waals surface area contributed by atoms with Crippen LogP contribution in [0.1, 0.15) is 18.4 Å². The number of hydrogen-bond acceptors (Lipinski definition) is 4. The van der Waals surface area contributed by atoms with E-state index in [-0.39, 0.29) is 11.5 Å². The number of sulfonamides is 1. The summed E-state index contributed by atoms with van der Waals surface area (Å²) in [5.74, 6) is 0. The quantitative estimate of drug-likeness (QED) is 0.847. The van der Waals surface area contributed by atoms with E-state index in [2.05, 4.69) is 0 Å². The molecule has 1 aliphatic carbocycles. The Morgan fingerprint density at radius 2 is 1.70 bits per heavy atom. The summed E-state index contributed by atoms with van der Waals surface area (Å²) in [4.78, 5) is 2.31. The van der Waals surface area contributed by atoms with Crippen molar-refractivity contribution in [1.29, 1.82) is 0 Å². The molecule has 1 saturated carbocycles. The lowest BCUT2D eigenvalue weighted by atomic mass is 10.2. The first kappa shape index (κ1) is 15.4. The van der Waals surface area contributed by atoms with Crippen molar-refractivity contribution >= 4 is 10.0 Å². The van der Waals surface area contributed by atoms with Crippen molar-refractivity contribution in [1.82, 2.24) is 9.21 Å². The van der Waals surface area contributed by atoms with Gasteiger partial charge < -0.3 is 10.0 Å². The van der Waals surface area contributed by atoms with Crippen molar-refractivity contribution in [2.75, 3.05) is 27.7 Å². The second-order valence-corrected chi connectivity index (χ2v) is 7.71. The average Bonchev–Trinajstić information content (AvgIpc) is 3.18. The van der Waals surface area contributed by atoms with Crippen molar-refractivity contribution in [3.8, 4) is 0 Å². The molecule has 0 aromatic heterocycles. The van der Waals surface area contributed by atoms with Crippen LogP contribution >= 0.6 is 0 Å². The van der Waals surface area contributed by atoms with Crippen LogP contribution in [0.25, 0.3) is 0 Å². The first-order chi connectivity index (χ1) is 9.32. The predicted octanol–water partition coefficient (Wildman–Crippen LogP) is 0.894. The SMILES string of the molecule is CN(C)Cc1ccc(S(=O)(=O)N(C)C2(CO)CC2)cc1. The fourth-order valence-electron chi connectivity index (χ4n) is 2.26. The number of hydrogen-bond donors (Lipinski definition) is 1. The van der Waals surface area contributed by atoms with E-state index in [1.807, 2.05) is 31.1 Å². The van der Waals surface area contributed by atoms with Crippen LogP contribution in [-0.4, -0.2) is 56.0 Å². The fraction of sp³-hybridized carbons (Fsp3) is 0.571. The summed E-state index contributed by atoms with van der Waals surface area (Å²) in [6.45, 7) is 0.651. The van der Waals surface area contributed by atoms with Crippen LogP contribution in [0.3, 0.4) is 0 Å². The standard InChI is InChI=1S/C14H22N2O3S/c1-15(2)10-12-4-6-13(7-5-12)20(18,19)16(3)14(11-17)8-9-14/h4-7,17H,8-11H2,1-3H3. The minimum Gasteiger partial charge on any atom is -0.394 e. The topological polar surface area (TPSA) is 60.9 Å².